The molecule has 0 radical (unpaired) electrons. The second-order valence-corrected chi connectivity index (χ2v) is 7.35. The molecule has 2 rings (SSSR count). The third kappa shape index (κ3) is 3.99. The molecule has 0 heterocycles. The van der Waals surface area contributed by atoms with Crippen molar-refractivity contribution in [2.75, 3.05) is 22.9 Å². The fourth-order valence-electron chi connectivity index (χ4n) is 2.13. The highest BCUT2D eigenvalue weighted by atomic mass is 32.2. The predicted molar refractivity (Wildman–Crippen MR) is 94.1 cm³/mol. The van der Waals surface area contributed by atoms with E-state index in [0.29, 0.717) is 11.3 Å². The molecular weight excluding hydrogens is 328 g/mol. The summed E-state index contributed by atoms with van der Waals surface area (Å²) in [6.07, 6.45) is 1.07. The van der Waals surface area contributed by atoms with Crippen LogP contribution >= 0.6 is 0 Å². The van der Waals surface area contributed by atoms with Gasteiger partial charge in [-0.2, -0.15) is 0 Å². The number of nitrogens with one attached hydrogen (secondary N) is 1. The third-order valence-electron chi connectivity index (χ3n) is 3.51. The highest BCUT2D eigenvalue weighted by Gasteiger charge is 2.19. The maximum absolute atomic E-state index is 12.5. The second kappa shape index (κ2) is 6.84. The lowest BCUT2D eigenvalue weighted by Gasteiger charge is -2.19. The zero-order valence-corrected chi connectivity index (χ0v) is 14.4. The summed E-state index contributed by atoms with van der Waals surface area (Å²) in [5.41, 5.74) is 1.44. The fourth-order valence-corrected chi connectivity index (χ4v) is 2.65. The van der Waals surface area contributed by atoms with Crippen LogP contribution in [0.5, 0.6) is 0 Å². The molecule has 2 aromatic carbocycles. The van der Waals surface area contributed by atoms with Crippen molar-refractivity contribution in [2.45, 2.75) is 6.92 Å². The van der Waals surface area contributed by atoms with Gasteiger partial charge in [0, 0.05) is 18.3 Å². The molecule has 1 amide bonds. The van der Waals surface area contributed by atoms with Crippen LogP contribution in [0.4, 0.5) is 11.4 Å². The lowest BCUT2D eigenvalue weighted by molar-refractivity contribution is 0.101. The zero-order chi connectivity index (χ0) is 17.9. The summed E-state index contributed by atoms with van der Waals surface area (Å²) in [5, 5.41) is 2.69. The number of rotatable bonds is 5. The molecule has 0 aliphatic rings. The first kappa shape index (κ1) is 17.7. The van der Waals surface area contributed by atoms with Crippen LogP contribution in [-0.2, 0) is 10.0 Å². The van der Waals surface area contributed by atoms with E-state index < -0.39 is 15.9 Å². The first-order valence-electron chi connectivity index (χ1n) is 7.15. The number of amides is 1. The molecule has 1 N–H and O–H groups in total. The molecule has 0 aromatic heterocycles. The average molecular weight is 346 g/mol. The molecule has 0 fully saturated rings. The number of hydrogen-bond donors (Lipinski definition) is 1. The lowest BCUT2D eigenvalue weighted by atomic mass is 10.1. The van der Waals surface area contributed by atoms with Gasteiger partial charge in [0.05, 0.1) is 17.5 Å². The Morgan fingerprint density at radius 1 is 1.04 bits per heavy atom. The molecule has 0 aliphatic carbocycles. The topological polar surface area (TPSA) is 83.6 Å². The van der Waals surface area contributed by atoms with E-state index in [-0.39, 0.29) is 17.0 Å². The largest absolute Gasteiger partial charge is 0.322 e. The van der Waals surface area contributed by atoms with Gasteiger partial charge in [-0.3, -0.25) is 13.9 Å². The standard InChI is InChI=1S/C17H18N2O4S/c1-12(20)13-7-6-8-14(11-13)18-17(21)15-9-4-5-10-16(15)19(2)24(3,22)23/h4-11H,1-3H3,(H,18,21). The summed E-state index contributed by atoms with van der Waals surface area (Å²) < 4.78 is 24.5. The molecule has 0 saturated heterocycles. The summed E-state index contributed by atoms with van der Waals surface area (Å²) in [6, 6.07) is 13.0. The van der Waals surface area contributed by atoms with Crippen molar-refractivity contribution in [1.82, 2.24) is 0 Å². The Hall–Kier alpha value is -2.67. The van der Waals surface area contributed by atoms with Crippen LogP contribution in [0.25, 0.3) is 0 Å². The van der Waals surface area contributed by atoms with Gasteiger partial charge in [0.15, 0.2) is 5.78 Å². The SMILES string of the molecule is CC(=O)c1cccc(NC(=O)c2ccccc2N(C)S(C)(=O)=O)c1. The van der Waals surface area contributed by atoms with Gasteiger partial charge in [-0.1, -0.05) is 24.3 Å². The molecule has 7 heteroatoms. The monoisotopic (exact) mass is 346 g/mol. The van der Waals surface area contributed by atoms with Crippen LogP contribution in [0.2, 0.25) is 0 Å². The van der Waals surface area contributed by atoms with Crippen LogP contribution < -0.4 is 9.62 Å². The molecule has 0 aliphatic heterocycles. The minimum absolute atomic E-state index is 0.108. The van der Waals surface area contributed by atoms with Crippen LogP contribution in [0.15, 0.2) is 48.5 Å². The number of Topliss-reactive ketones (excluding diaryl/α,β-unsaturated/α-hetero) is 1. The van der Waals surface area contributed by atoms with Gasteiger partial charge in [0.1, 0.15) is 0 Å². The number of carbonyl (C=O) groups is 2. The van der Waals surface area contributed by atoms with Crippen molar-refractivity contribution in [3.63, 3.8) is 0 Å². The molecule has 6 nitrogen and oxygen atoms in total. The number of ketones is 1. The van der Waals surface area contributed by atoms with Gasteiger partial charge in [-0.25, -0.2) is 8.42 Å². The number of anilines is 2. The van der Waals surface area contributed by atoms with Crippen LogP contribution in [-0.4, -0.2) is 33.4 Å². The predicted octanol–water partition coefficient (Wildman–Crippen LogP) is 2.54. The summed E-state index contributed by atoms with van der Waals surface area (Å²) in [4.78, 5) is 24.0. The Kier molecular flexibility index (Phi) is 5.04. The molecule has 0 unspecified atom stereocenters. The maximum atomic E-state index is 12.5. The number of benzene rings is 2. The Labute approximate surface area is 141 Å². The summed E-state index contributed by atoms with van der Waals surface area (Å²) >= 11 is 0. The summed E-state index contributed by atoms with van der Waals surface area (Å²) in [5.74, 6) is -0.565. The zero-order valence-electron chi connectivity index (χ0n) is 13.6. The van der Waals surface area contributed by atoms with E-state index in [2.05, 4.69) is 5.32 Å². The fraction of sp³-hybridized carbons (Fsp3) is 0.176. The quantitative estimate of drug-likeness (QED) is 0.843. The second-order valence-electron chi connectivity index (χ2n) is 5.34. The Morgan fingerprint density at radius 2 is 1.71 bits per heavy atom. The number of para-hydroxylation sites is 1. The van der Waals surface area contributed by atoms with Gasteiger partial charge in [-0.05, 0) is 31.2 Å². The normalized spacial score (nSPS) is 11.0. The van der Waals surface area contributed by atoms with Gasteiger partial charge in [0.2, 0.25) is 10.0 Å². The lowest BCUT2D eigenvalue weighted by Crippen LogP contribution is -2.27. The van der Waals surface area contributed by atoms with E-state index in [0.717, 1.165) is 10.6 Å². The molecule has 0 spiro atoms. The Bertz CT molecular complexity index is 891. The molecular formula is C17H18N2O4S. The van der Waals surface area contributed by atoms with Crippen LogP contribution in [0.1, 0.15) is 27.6 Å². The highest BCUT2D eigenvalue weighted by molar-refractivity contribution is 7.92. The van der Waals surface area contributed by atoms with Crippen molar-refractivity contribution in [1.29, 1.82) is 0 Å². The summed E-state index contributed by atoms with van der Waals surface area (Å²) in [7, 11) is -2.11. The van der Waals surface area contributed by atoms with Gasteiger partial charge < -0.3 is 5.32 Å². The number of hydrogen-bond acceptors (Lipinski definition) is 4. The smallest absolute Gasteiger partial charge is 0.257 e. The first-order chi connectivity index (χ1) is 11.2. The van der Waals surface area contributed by atoms with Crippen molar-refractivity contribution < 1.29 is 18.0 Å². The Morgan fingerprint density at radius 3 is 2.33 bits per heavy atom. The minimum Gasteiger partial charge on any atom is -0.322 e. The van der Waals surface area contributed by atoms with Gasteiger partial charge in [-0.15, -0.1) is 0 Å². The number of carbonyl (C=O) groups excluding carboxylic acids is 2. The van der Waals surface area contributed by atoms with Crippen molar-refractivity contribution in [2.24, 2.45) is 0 Å². The minimum atomic E-state index is -3.49. The number of nitrogens with zero attached hydrogens (tertiary/aromatic N) is 1. The van der Waals surface area contributed by atoms with Crippen molar-refractivity contribution in [3.8, 4) is 0 Å². The number of sulfonamides is 1. The molecule has 126 valence electrons. The van der Waals surface area contributed by atoms with Gasteiger partial charge >= 0.3 is 0 Å². The summed E-state index contributed by atoms with van der Waals surface area (Å²) in [6.45, 7) is 1.44. The van der Waals surface area contributed by atoms with E-state index in [1.807, 2.05) is 0 Å². The van der Waals surface area contributed by atoms with E-state index >= 15 is 0 Å². The molecule has 0 atom stereocenters. The molecule has 24 heavy (non-hydrogen) atoms. The van der Waals surface area contributed by atoms with Crippen LogP contribution in [0, 0.1) is 0 Å². The average Bonchev–Trinajstić information content (AvgIpc) is 2.53. The van der Waals surface area contributed by atoms with E-state index in [1.54, 1.807) is 48.5 Å². The molecule has 0 saturated carbocycles. The van der Waals surface area contributed by atoms with Crippen molar-refractivity contribution in [3.05, 3.63) is 59.7 Å². The maximum Gasteiger partial charge on any atom is 0.257 e. The first-order valence-corrected chi connectivity index (χ1v) is 9.00. The van der Waals surface area contributed by atoms with Crippen LogP contribution in [0.3, 0.4) is 0 Å². The van der Waals surface area contributed by atoms with E-state index in [4.69, 9.17) is 0 Å². The van der Waals surface area contributed by atoms with Gasteiger partial charge in [0.25, 0.3) is 5.91 Å². The highest BCUT2D eigenvalue weighted by Crippen LogP contribution is 2.23. The van der Waals surface area contributed by atoms with E-state index in [9.17, 15) is 18.0 Å². The molecule has 2 aromatic rings. The third-order valence-corrected chi connectivity index (χ3v) is 4.70. The van der Waals surface area contributed by atoms with E-state index in [1.165, 1.54) is 14.0 Å². The van der Waals surface area contributed by atoms with Crippen molar-refractivity contribution >= 4 is 33.1 Å². The Balaban J connectivity index is 2.35. The molecule has 0 bridgehead atoms.